The van der Waals surface area contributed by atoms with Crippen molar-refractivity contribution in [1.29, 1.82) is 0 Å². The van der Waals surface area contributed by atoms with Crippen LogP contribution in [-0.2, 0) is 14.2 Å². The molecule has 7 N–H and O–H groups in total. The molecule has 0 heterocycles. The van der Waals surface area contributed by atoms with Crippen molar-refractivity contribution >= 4 is 0 Å². The molecule has 330 valence electrons. The number of fused-ring (bicyclic) bond motifs is 5. The highest BCUT2D eigenvalue weighted by atomic mass is 16.5. The Morgan fingerprint density at radius 2 is 1.18 bits per heavy atom. The van der Waals surface area contributed by atoms with Crippen LogP contribution in [0.25, 0.3) is 0 Å². The minimum Gasteiger partial charge on any atom is -0.378 e. The van der Waals surface area contributed by atoms with Crippen molar-refractivity contribution < 1.29 is 14.2 Å². The Labute approximate surface area is 347 Å². The quantitative estimate of drug-likeness (QED) is 0.0501. The fraction of sp³-hybridized carbons (Fsp3) is 1.00. The summed E-state index contributed by atoms with van der Waals surface area (Å²) in [6.45, 7) is 17.0. The molecule has 0 aliphatic heterocycles. The summed E-state index contributed by atoms with van der Waals surface area (Å²) in [6.07, 6.45) is 35.0. The molecule has 56 heavy (non-hydrogen) atoms. The molecule has 0 aromatic rings. The monoisotopic (exact) mass is 789 g/mol. The maximum absolute atomic E-state index is 7.07. The molecule has 0 aromatic heterocycles. The van der Waals surface area contributed by atoms with Gasteiger partial charge in [0.1, 0.15) is 0 Å². The molecule has 0 radical (unpaired) electrons. The predicted molar refractivity (Wildman–Crippen MR) is 238 cm³/mol. The van der Waals surface area contributed by atoms with Gasteiger partial charge >= 0.3 is 0 Å². The zero-order chi connectivity index (χ0) is 40.1. The fourth-order valence-electron chi connectivity index (χ4n) is 12.9. The zero-order valence-electron chi connectivity index (χ0n) is 37.7. The maximum atomic E-state index is 7.07. The van der Waals surface area contributed by atoms with E-state index in [9.17, 15) is 0 Å². The van der Waals surface area contributed by atoms with Gasteiger partial charge in [-0.25, -0.2) is 0 Å². The number of hydrogen-bond acceptors (Lipinski definition) is 7. The molecule has 4 aliphatic rings. The smallest absolute Gasteiger partial charge is 0.0637 e. The fourth-order valence-corrected chi connectivity index (χ4v) is 12.9. The van der Waals surface area contributed by atoms with Crippen LogP contribution < -0.4 is 22.5 Å². The molecule has 7 nitrogen and oxygen atoms in total. The third-order valence-electron chi connectivity index (χ3n) is 16.2. The van der Waals surface area contributed by atoms with Crippen LogP contribution in [-0.4, -0.2) is 70.9 Å². The number of hydrogen-bond donors (Lipinski definition) is 4. The van der Waals surface area contributed by atoms with Gasteiger partial charge in [0, 0.05) is 25.2 Å². The Bertz CT molecular complexity index is 1000. The normalized spacial score (nSPS) is 33.3. The van der Waals surface area contributed by atoms with E-state index < -0.39 is 0 Å². The Balaban J connectivity index is 1.26. The molecule has 0 spiro atoms. The van der Waals surface area contributed by atoms with Gasteiger partial charge in [-0.05, 0) is 157 Å². The van der Waals surface area contributed by atoms with E-state index in [1.807, 2.05) is 0 Å². The number of nitrogens with two attached hydrogens (primary N) is 3. The second-order valence-electron chi connectivity index (χ2n) is 19.9. The first-order chi connectivity index (χ1) is 27.3. The van der Waals surface area contributed by atoms with E-state index in [4.69, 9.17) is 31.4 Å². The summed E-state index contributed by atoms with van der Waals surface area (Å²) in [5.74, 6) is 3.91. The van der Waals surface area contributed by atoms with Crippen molar-refractivity contribution in [2.24, 2.45) is 63.5 Å². The molecule has 4 fully saturated rings. The van der Waals surface area contributed by atoms with Crippen molar-refractivity contribution in [3.05, 3.63) is 0 Å². The lowest BCUT2D eigenvalue weighted by atomic mass is 9.43. The Morgan fingerprint density at radius 3 is 1.80 bits per heavy atom. The topological polar surface area (TPSA) is 118 Å². The molecule has 7 heteroatoms. The van der Waals surface area contributed by atoms with Gasteiger partial charge in [-0.2, -0.15) is 0 Å². The lowest BCUT2D eigenvalue weighted by Crippen LogP contribution is -2.63. The van der Waals surface area contributed by atoms with Gasteiger partial charge in [0.15, 0.2) is 0 Å². The summed E-state index contributed by atoms with van der Waals surface area (Å²) >= 11 is 0. The summed E-state index contributed by atoms with van der Waals surface area (Å²) in [7, 11) is 0. The summed E-state index contributed by atoms with van der Waals surface area (Å²) < 4.78 is 20.5. The van der Waals surface area contributed by atoms with Gasteiger partial charge in [-0.1, -0.05) is 111 Å². The predicted octanol–water partition coefficient (Wildman–Crippen LogP) is 10.6. The van der Waals surface area contributed by atoms with Gasteiger partial charge in [0.2, 0.25) is 0 Å². The van der Waals surface area contributed by atoms with Gasteiger partial charge < -0.3 is 36.7 Å². The summed E-state index contributed by atoms with van der Waals surface area (Å²) in [5.41, 5.74) is 18.3. The van der Waals surface area contributed by atoms with Crippen molar-refractivity contribution in [2.45, 2.75) is 213 Å². The van der Waals surface area contributed by atoms with Crippen molar-refractivity contribution in [3.8, 4) is 0 Å². The zero-order valence-corrected chi connectivity index (χ0v) is 37.7. The van der Waals surface area contributed by atoms with E-state index in [0.29, 0.717) is 78.9 Å². The minimum atomic E-state index is 0.179. The number of nitrogens with one attached hydrogen (secondary N) is 1. The molecule has 0 bridgehead atoms. The summed E-state index contributed by atoms with van der Waals surface area (Å²) in [6, 6.07) is 0. The van der Waals surface area contributed by atoms with E-state index in [1.54, 1.807) is 0 Å². The molecule has 0 saturated heterocycles. The summed E-state index contributed by atoms with van der Waals surface area (Å²) in [4.78, 5) is 0. The maximum Gasteiger partial charge on any atom is 0.0637 e. The van der Waals surface area contributed by atoms with Crippen LogP contribution in [0.5, 0.6) is 0 Å². The third-order valence-corrected chi connectivity index (χ3v) is 16.2. The number of unbranched alkanes of at least 4 members (excludes halogenated alkanes) is 13. The van der Waals surface area contributed by atoms with Gasteiger partial charge in [-0.15, -0.1) is 0 Å². The van der Waals surface area contributed by atoms with Crippen LogP contribution in [0.1, 0.15) is 195 Å². The minimum absolute atomic E-state index is 0.179. The first kappa shape index (κ1) is 48.4. The van der Waals surface area contributed by atoms with Gasteiger partial charge in [0.05, 0.1) is 18.3 Å². The molecule has 0 aromatic carbocycles. The van der Waals surface area contributed by atoms with E-state index >= 15 is 0 Å². The molecule has 2 unspecified atom stereocenters. The Kier molecular flexibility index (Phi) is 23.2. The van der Waals surface area contributed by atoms with Crippen LogP contribution in [0.3, 0.4) is 0 Å². The SMILES string of the molecule is CCCCCCCCCCCCCCCCNCCCC(C)[C@H]1CC[C@H]2C3[C@H](OCCCN)C[C@@H]4C[C@H](OCCCN)CC[C@]4(C)[C@H]3C[C@H](OCCCN)[C@]12C. The number of rotatable bonds is 32. The Hall–Kier alpha value is -0.280. The van der Waals surface area contributed by atoms with Crippen LogP contribution >= 0.6 is 0 Å². The van der Waals surface area contributed by atoms with E-state index in [-0.39, 0.29) is 5.41 Å². The standard InChI is InChI=1S/C49H96N4O3/c1-5-6-7-8-9-10-11-12-13-14-15-16-17-18-31-53-32-19-23-39(2)42-24-25-43-47-44(38-46(49(42,43)4)56-35-22-30-52)48(3)27-26-41(54-33-20-28-50)36-40(48)37-45(47)55-34-21-29-51/h39-47,53H,5-38,50-52H2,1-4H3/t39?,40-,41+,42+,43-,44-,45+,46-,47?,48-,49+/m0/s1. The molecule has 4 rings (SSSR count). The van der Waals surface area contributed by atoms with Crippen molar-refractivity contribution in [2.75, 3.05) is 52.5 Å². The number of ether oxygens (including phenoxy) is 3. The van der Waals surface area contributed by atoms with Gasteiger partial charge in [-0.3, -0.25) is 0 Å². The first-order valence-electron chi connectivity index (χ1n) is 25.0. The summed E-state index contributed by atoms with van der Waals surface area (Å²) in [5, 5.41) is 3.82. The third kappa shape index (κ3) is 13.9. The molecular formula is C49H96N4O3. The Morgan fingerprint density at radius 1 is 0.607 bits per heavy atom. The van der Waals surface area contributed by atoms with Crippen LogP contribution in [0.2, 0.25) is 0 Å². The largest absolute Gasteiger partial charge is 0.378 e. The van der Waals surface area contributed by atoms with E-state index in [1.165, 1.54) is 148 Å². The van der Waals surface area contributed by atoms with Crippen molar-refractivity contribution in [3.63, 3.8) is 0 Å². The molecule has 0 amide bonds. The van der Waals surface area contributed by atoms with Crippen LogP contribution in [0.15, 0.2) is 0 Å². The second kappa shape index (κ2) is 26.8. The van der Waals surface area contributed by atoms with E-state index in [2.05, 4.69) is 33.0 Å². The second-order valence-corrected chi connectivity index (χ2v) is 19.9. The highest BCUT2D eigenvalue weighted by Crippen LogP contribution is 2.69. The molecule has 11 atom stereocenters. The first-order valence-corrected chi connectivity index (χ1v) is 25.0. The average molecular weight is 789 g/mol. The highest BCUT2D eigenvalue weighted by Gasteiger charge is 2.66. The van der Waals surface area contributed by atoms with E-state index in [0.717, 1.165) is 52.0 Å². The molecule has 4 saturated carbocycles. The van der Waals surface area contributed by atoms with Crippen molar-refractivity contribution in [1.82, 2.24) is 5.32 Å². The highest BCUT2D eigenvalue weighted by molar-refractivity contribution is 5.15. The lowest BCUT2D eigenvalue weighted by molar-refractivity contribution is -0.227. The molecule has 4 aliphatic carbocycles. The van der Waals surface area contributed by atoms with Crippen LogP contribution in [0.4, 0.5) is 0 Å². The lowest BCUT2D eigenvalue weighted by Gasteiger charge is -2.65. The average Bonchev–Trinajstić information content (AvgIpc) is 3.56. The van der Waals surface area contributed by atoms with Gasteiger partial charge in [0.25, 0.3) is 0 Å². The van der Waals surface area contributed by atoms with Crippen LogP contribution in [0, 0.1) is 46.3 Å². The molecular weight excluding hydrogens is 693 g/mol.